The van der Waals surface area contributed by atoms with E-state index in [2.05, 4.69) is 15.6 Å². The Labute approximate surface area is 220 Å². The number of amides is 3. The van der Waals surface area contributed by atoms with Gasteiger partial charge in [-0.15, -0.1) is 0 Å². The van der Waals surface area contributed by atoms with Crippen molar-refractivity contribution in [2.75, 3.05) is 10.2 Å². The predicted octanol–water partition coefficient (Wildman–Crippen LogP) is 5.30. The first-order chi connectivity index (χ1) is 18.4. The van der Waals surface area contributed by atoms with Crippen molar-refractivity contribution in [3.8, 4) is 0 Å². The fourth-order valence-corrected chi connectivity index (χ4v) is 4.64. The van der Waals surface area contributed by atoms with Crippen LogP contribution in [-0.4, -0.2) is 28.7 Å². The molecule has 1 saturated carbocycles. The Morgan fingerprint density at radius 2 is 1.68 bits per heavy atom. The Morgan fingerprint density at radius 1 is 0.921 bits per heavy atom. The van der Waals surface area contributed by atoms with E-state index in [0.717, 1.165) is 25.7 Å². The Morgan fingerprint density at radius 3 is 2.37 bits per heavy atom. The summed E-state index contributed by atoms with van der Waals surface area (Å²) in [7, 11) is 0. The van der Waals surface area contributed by atoms with Crippen molar-refractivity contribution in [2.24, 2.45) is 0 Å². The molecule has 1 heterocycles. The van der Waals surface area contributed by atoms with E-state index in [0.29, 0.717) is 11.4 Å². The minimum Gasteiger partial charge on any atom is -0.351 e. The molecule has 9 heteroatoms. The molecule has 1 atom stereocenters. The first-order valence-electron chi connectivity index (χ1n) is 12.7. The van der Waals surface area contributed by atoms with E-state index < -0.39 is 29.5 Å². The van der Waals surface area contributed by atoms with E-state index in [9.17, 15) is 23.2 Å². The number of rotatable bonds is 10. The third-order valence-corrected chi connectivity index (χ3v) is 6.48. The number of carbonyl (C=O) groups excluding carboxylic acids is 3. The fourth-order valence-electron chi connectivity index (χ4n) is 4.64. The lowest BCUT2D eigenvalue weighted by atomic mass is 10.0. The lowest BCUT2D eigenvalue weighted by Crippen LogP contribution is -2.46. The molecule has 1 aromatic heterocycles. The predicted molar refractivity (Wildman–Crippen MR) is 140 cm³/mol. The zero-order valence-electron chi connectivity index (χ0n) is 20.9. The van der Waals surface area contributed by atoms with E-state index in [1.807, 2.05) is 0 Å². The van der Waals surface area contributed by atoms with Crippen LogP contribution < -0.4 is 15.5 Å². The summed E-state index contributed by atoms with van der Waals surface area (Å²) in [6.07, 6.45) is 5.40. The van der Waals surface area contributed by atoms with E-state index in [1.54, 1.807) is 30.5 Å². The first-order valence-corrected chi connectivity index (χ1v) is 12.7. The zero-order chi connectivity index (χ0) is 26.9. The van der Waals surface area contributed by atoms with Gasteiger partial charge in [-0.05, 0) is 67.3 Å². The van der Waals surface area contributed by atoms with Gasteiger partial charge in [-0.25, -0.2) is 13.8 Å². The van der Waals surface area contributed by atoms with Crippen LogP contribution in [0, 0.1) is 11.6 Å². The molecule has 198 valence electrons. The van der Waals surface area contributed by atoms with Crippen molar-refractivity contribution in [3.05, 3.63) is 90.1 Å². The lowest BCUT2D eigenvalue weighted by molar-refractivity contribution is -0.127. The van der Waals surface area contributed by atoms with Gasteiger partial charge in [0.1, 0.15) is 23.5 Å². The first kappa shape index (κ1) is 26.9. The Bertz CT molecular complexity index is 1250. The van der Waals surface area contributed by atoms with Crippen LogP contribution in [0.2, 0.25) is 0 Å². The average Bonchev–Trinajstić information content (AvgIpc) is 3.41. The molecule has 4 rings (SSSR count). The van der Waals surface area contributed by atoms with Gasteiger partial charge < -0.3 is 10.6 Å². The largest absolute Gasteiger partial charge is 0.351 e. The second-order valence-electron chi connectivity index (χ2n) is 9.30. The van der Waals surface area contributed by atoms with Gasteiger partial charge in [0, 0.05) is 30.8 Å². The van der Waals surface area contributed by atoms with Crippen molar-refractivity contribution in [1.29, 1.82) is 0 Å². The summed E-state index contributed by atoms with van der Waals surface area (Å²) in [6, 6.07) is 14.8. The number of pyridine rings is 1. The number of hydrogen-bond acceptors (Lipinski definition) is 4. The highest BCUT2D eigenvalue weighted by molar-refractivity contribution is 6.01. The highest BCUT2D eigenvalue weighted by Crippen LogP contribution is 2.31. The molecule has 0 radical (unpaired) electrons. The van der Waals surface area contributed by atoms with Crippen LogP contribution in [0.3, 0.4) is 0 Å². The van der Waals surface area contributed by atoms with Gasteiger partial charge in [0.05, 0.1) is 0 Å². The van der Waals surface area contributed by atoms with Crippen molar-refractivity contribution in [3.63, 3.8) is 0 Å². The molecule has 0 aliphatic heterocycles. The maximum Gasteiger partial charge on any atom is 0.248 e. The summed E-state index contributed by atoms with van der Waals surface area (Å²) in [4.78, 5) is 44.9. The number of aromatic nitrogens is 1. The molecule has 3 aromatic rings. The molecule has 38 heavy (non-hydrogen) atoms. The minimum absolute atomic E-state index is 0.0230. The van der Waals surface area contributed by atoms with Crippen molar-refractivity contribution < 1.29 is 23.2 Å². The molecule has 0 bridgehead atoms. The summed E-state index contributed by atoms with van der Waals surface area (Å²) >= 11 is 0. The number of nitrogens with zero attached hydrogens (tertiary/aromatic N) is 2. The Kier molecular flexibility index (Phi) is 9.13. The monoisotopic (exact) mass is 520 g/mol. The summed E-state index contributed by atoms with van der Waals surface area (Å²) in [6.45, 7) is 0. The van der Waals surface area contributed by atoms with Crippen LogP contribution in [0.25, 0.3) is 0 Å². The topological polar surface area (TPSA) is 91.4 Å². The van der Waals surface area contributed by atoms with Gasteiger partial charge >= 0.3 is 0 Å². The molecule has 2 aromatic carbocycles. The molecule has 1 aliphatic carbocycles. The smallest absolute Gasteiger partial charge is 0.248 e. The van der Waals surface area contributed by atoms with Gasteiger partial charge in [0.2, 0.25) is 17.7 Å². The van der Waals surface area contributed by atoms with Crippen LogP contribution in [-0.2, 0) is 14.4 Å². The van der Waals surface area contributed by atoms with Crippen molar-refractivity contribution in [1.82, 2.24) is 10.3 Å². The average molecular weight is 521 g/mol. The van der Waals surface area contributed by atoms with E-state index in [-0.39, 0.29) is 36.9 Å². The fraction of sp³-hybridized carbons (Fsp3) is 0.310. The van der Waals surface area contributed by atoms with Crippen molar-refractivity contribution in [2.45, 2.75) is 57.0 Å². The second-order valence-corrected chi connectivity index (χ2v) is 9.30. The second kappa shape index (κ2) is 12.9. The van der Waals surface area contributed by atoms with Crippen LogP contribution in [0.15, 0.2) is 72.9 Å². The van der Waals surface area contributed by atoms with Gasteiger partial charge in [-0.1, -0.05) is 37.1 Å². The highest BCUT2D eigenvalue weighted by Gasteiger charge is 2.34. The van der Waals surface area contributed by atoms with E-state index in [1.165, 1.54) is 47.4 Å². The number of anilines is 2. The third-order valence-electron chi connectivity index (χ3n) is 6.48. The summed E-state index contributed by atoms with van der Waals surface area (Å²) in [5.41, 5.74) is 0.594. The molecule has 2 N–H and O–H groups in total. The number of benzene rings is 2. The molecule has 0 saturated heterocycles. The zero-order valence-corrected chi connectivity index (χ0v) is 20.9. The van der Waals surface area contributed by atoms with E-state index in [4.69, 9.17) is 0 Å². The molecule has 7 nitrogen and oxygen atoms in total. The van der Waals surface area contributed by atoms with Crippen LogP contribution in [0.1, 0.15) is 56.6 Å². The lowest BCUT2D eigenvalue weighted by Gasteiger charge is -2.32. The minimum atomic E-state index is -1.15. The van der Waals surface area contributed by atoms with E-state index >= 15 is 0 Å². The molecule has 3 amide bonds. The maximum absolute atomic E-state index is 14.3. The summed E-state index contributed by atoms with van der Waals surface area (Å²) < 4.78 is 28.0. The highest BCUT2D eigenvalue weighted by atomic mass is 19.1. The number of halogens is 2. The van der Waals surface area contributed by atoms with Gasteiger partial charge in [0.25, 0.3) is 0 Å². The normalized spacial score (nSPS) is 14.1. The van der Waals surface area contributed by atoms with Crippen LogP contribution in [0.4, 0.5) is 20.3 Å². The molecular formula is C29H30F2N4O3. The SMILES string of the molecule is O=C(CCCC(=O)N(c1cccc(F)c1)[C@H](C(=O)NC1CCCC1)c1ccc(F)cc1)Nc1ccccn1. The van der Waals surface area contributed by atoms with Gasteiger partial charge in [0.15, 0.2) is 0 Å². The number of nitrogens with one attached hydrogen (secondary N) is 2. The molecule has 1 fully saturated rings. The maximum atomic E-state index is 14.3. The summed E-state index contributed by atoms with van der Waals surface area (Å²) in [5, 5.41) is 5.69. The molecular weight excluding hydrogens is 490 g/mol. The standard InChI is InChI=1S/C29H30F2N4O3/c30-21-16-14-20(15-17-21)28(29(38)33-23-8-1-2-9-23)35(24-10-5-7-22(31)19-24)27(37)13-6-12-26(36)34-25-11-3-4-18-32-25/h3-5,7,10-11,14-19,23,28H,1-2,6,8-9,12-13H2,(H,33,38)(H,32,34,36)/t28-/m0/s1. The quantitative estimate of drug-likeness (QED) is 0.380. The molecule has 1 aliphatic rings. The summed E-state index contributed by atoms with van der Waals surface area (Å²) in [5.74, 6) is -1.82. The third kappa shape index (κ3) is 7.21. The Hall–Kier alpha value is -4.14. The Balaban J connectivity index is 1.57. The number of hydrogen-bond donors (Lipinski definition) is 2. The van der Waals surface area contributed by atoms with Crippen molar-refractivity contribution >= 4 is 29.2 Å². The molecule has 0 spiro atoms. The van der Waals surface area contributed by atoms with Gasteiger partial charge in [-0.2, -0.15) is 0 Å². The van der Waals surface area contributed by atoms with Crippen LogP contribution >= 0.6 is 0 Å². The molecule has 0 unspecified atom stereocenters. The number of carbonyl (C=O) groups is 3. The van der Waals surface area contributed by atoms with Gasteiger partial charge in [-0.3, -0.25) is 19.3 Å². The van der Waals surface area contributed by atoms with Crippen LogP contribution in [0.5, 0.6) is 0 Å².